The molecule has 0 spiro atoms. The molecule has 0 bridgehead atoms. The molecule has 1 aromatic heterocycles. The summed E-state index contributed by atoms with van der Waals surface area (Å²) in [7, 11) is 3.01. The van der Waals surface area contributed by atoms with E-state index in [1.807, 2.05) is 6.07 Å². The minimum atomic E-state index is -0.579. The van der Waals surface area contributed by atoms with Gasteiger partial charge in [-0.2, -0.15) is 5.26 Å². The van der Waals surface area contributed by atoms with Gasteiger partial charge in [0.2, 0.25) is 0 Å². The second-order valence-corrected chi connectivity index (χ2v) is 7.56. The van der Waals surface area contributed by atoms with Crippen LogP contribution in [0, 0.1) is 11.3 Å². The molecule has 1 aromatic carbocycles. The van der Waals surface area contributed by atoms with Gasteiger partial charge in [-0.1, -0.05) is 35.3 Å². The van der Waals surface area contributed by atoms with Crippen LogP contribution in [0.3, 0.4) is 0 Å². The van der Waals surface area contributed by atoms with Crippen LogP contribution < -0.4 is 20.1 Å². The number of carbonyl (C=O) groups excluding carboxylic acids is 1. The Hall–Kier alpha value is -2.15. The Bertz CT molecular complexity index is 1100. The first kappa shape index (κ1) is 23.1. The van der Waals surface area contributed by atoms with Crippen LogP contribution in [0.2, 0.25) is 10.0 Å². The third kappa shape index (κ3) is 5.69. The fourth-order valence-corrected chi connectivity index (χ4v) is 3.89. The fourth-order valence-electron chi connectivity index (χ4n) is 2.41. The summed E-state index contributed by atoms with van der Waals surface area (Å²) < 4.78 is 11.9. The predicted octanol–water partition coefficient (Wildman–Crippen LogP) is 1.13. The lowest BCUT2D eigenvalue weighted by molar-refractivity contribution is -0.115. The number of nitrogens with one attached hydrogen (secondary N) is 1. The van der Waals surface area contributed by atoms with E-state index in [1.165, 1.54) is 18.8 Å². The summed E-state index contributed by atoms with van der Waals surface area (Å²) in [6.07, 6.45) is 1.59. The Morgan fingerprint density at radius 2 is 2.03 bits per heavy atom. The van der Waals surface area contributed by atoms with Crippen LogP contribution in [0.5, 0.6) is 0 Å². The summed E-state index contributed by atoms with van der Waals surface area (Å²) in [5.74, 6) is -0.579. The van der Waals surface area contributed by atoms with Crippen molar-refractivity contribution in [3.8, 4) is 6.07 Å². The van der Waals surface area contributed by atoms with Gasteiger partial charge in [-0.3, -0.25) is 14.2 Å². The van der Waals surface area contributed by atoms with Crippen LogP contribution in [0.15, 0.2) is 23.0 Å². The van der Waals surface area contributed by atoms with Crippen molar-refractivity contribution in [1.29, 1.82) is 5.26 Å². The molecule has 0 unspecified atom stereocenters. The van der Waals surface area contributed by atoms with E-state index >= 15 is 0 Å². The van der Waals surface area contributed by atoms with E-state index < -0.39 is 5.91 Å². The second kappa shape index (κ2) is 11.1. The number of hydrogen-bond donors (Lipinski definition) is 1. The number of aromatic nitrogens is 1. The molecule has 154 valence electrons. The van der Waals surface area contributed by atoms with Crippen LogP contribution in [0.25, 0.3) is 11.6 Å². The molecule has 0 fully saturated rings. The fraction of sp³-hybridized carbons (Fsp3) is 0.316. The van der Waals surface area contributed by atoms with Gasteiger partial charge in [-0.05, 0) is 17.7 Å². The van der Waals surface area contributed by atoms with Gasteiger partial charge in [0.15, 0.2) is 5.57 Å². The summed E-state index contributed by atoms with van der Waals surface area (Å²) >= 11 is 13.3. The molecule has 1 heterocycles. The number of nitrogens with zero attached hydrogens (tertiary/aromatic N) is 2. The highest BCUT2D eigenvalue weighted by molar-refractivity contribution is 7.07. The van der Waals surface area contributed by atoms with Gasteiger partial charge < -0.3 is 14.8 Å². The zero-order chi connectivity index (χ0) is 21.4. The highest BCUT2D eigenvalue weighted by atomic mass is 35.5. The first-order valence-electron chi connectivity index (χ1n) is 8.50. The van der Waals surface area contributed by atoms with Crippen LogP contribution in [0.1, 0.15) is 5.56 Å². The Morgan fingerprint density at radius 1 is 1.31 bits per heavy atom. The molecule has 7 nitrogen and oxygen atoms in total. The van der Waals surface area contributed by atoms with Crippen molar-refractivity contribution in [1.82, 2.24) is 9.88 Å². The average molecular weight is 456 g/mol. The second-order valence-electron chi connectivity index (χ2n) is 5.74. The lowest BCUT2D eigenvalue weighted by atomic mass is 10.2. The van der Waals surface area contributed by atoms with Crippen molar-refractivity contribution in [2.75, 3.05) is 34.0 Å². The number of carbonyl (C=O) groups is 1. The molecule has 0 aliphatic heterocycles. The van der Waals surface area contributed by atoms with Crippen LogP contribution in [-0.4, -0.2) is 44.5 Å². The number of methoxy groups -OCH3 is 2. The topological polar surface area (TPSA) is 93.4 Å². The maximum absolute atomic E-state index is 12.9. The molecule has 0 aliphatic carbocycles. The third-order valence-corrected chi connectivity index (χ3v) is 5.80. The van der Waals surface area contributed by atoms with Crippen molar-refractivity contribution >= 4 is 52.1 Å². The standard InChI is InChI=1S/C19H19Cl2N3O4S/c1-27-8-6-23-17(25)13(11-22)19-24(7-9-28-2)18(26)15(29-19)10-12-4-3-5-14(20)16(12)21/h3-5,10H,6-9H2,1-2H3,(H,23,25)/b15-10-,19-13-. The van der Waals surface area contributed by atoms with Gasteiger partial charge in [0, 0.05) is 20.8 Å². The minimum Gasteiger partial charge on any atom is -0.383 e. The number of benzene rings is 1. The summed E-state index contributed by atoms with van der Waals surface area (Å²) in [6, 6.07) is 6.98. The van der Waals surface area contributed by atoms with Crippen molar-refractivity contribution in [2.45, 2.75) is 6.54 Å². The van der Waals surface area contributed by atoms with Gasteiger partial charge in [-0.25, -0.2) is 0 Å². The third-order valence-electron chi connectivity index (χ3n) is 3.84. The first-order chi connectivity index (χ1) is 13.9. The smallest absolute Gasteiger partial charge is 0.269 e. The zero-order valence-corrected chi connectivity index (χ0v) is 18.2. The molecule has 0 atom stereocenters. The van der Waals surface area contributed by atoms with Crippen molar-refractivity contribution in [2.24, 2.45) is 0 Å². The molecule has 0 aliphatic rings. The van der Waals surface area contributed by atoms with Crippen LogP contribution in [0.4, 0.5) is 0 Å². The largest absolute Gasteiger partial charge is 0.383 e. The van der Waals surface area contributed by atoms with E-state index in [1.54, 1.807) is 24.3 Å². The number of rotatable bonds is 8. The molecule has 0 radical (unpaired) electrons. The Labute approximate surface area is 181 Å². The van der Waals surface area contributed by atoms with Gasteiger partial charge in [0.05, 0.1) is 34.3 Å². The van der Waals surface area contributed by atoms with Crippen molar-refractivity contribution < 1.29 is 14.3 Å². The number of nitriles is 1. The van der Waals surface area contributed by atoms with Gasteiger partial charge in [0.1, 0.15) is 10.7 Å². The quantitative estimate of drug-likeness (QED) is 0.602. The normalized spacial score (nSPS) is 12.6. The van der Waals surface area contributed by atoms with Gasteiger partial charge in [0.25, 0.3) is 11.5 Å². The van der Waals surface area contributed by atoms with E-state index in [0.29, 0.717) is 26.7 Å². The highest BCUT2D eigenvalue weighted by Crippen LogP contribution is 2.25. The molecule has 0 saturated carbocycles. The summed E-state index contributed by atoms with van der Waals surface area (Å²) in [6.45, 7) is 0.975. The Morgan fingerprint density at radius 3 is 2.69 bits per heavy atom. The van der Waals surface area contributed by atoms with Crippen molar-refractivity contribution in [3.05, 3.63) is 53.4 Å². The SMILES string of the molecule is COCCNC(=O)/C(C#N)=c1\s/c(=C\c2cccc(Cl)c2Cl)c(=O)n1CCOC. The molecule has 0 saturated heterocycles. The van der Waals surface area contributed by atoms with E-state index in [2.05, 4.69) is 5.32 Å². The molecule has 2 rings (SSSR count). The Balaban J connectivity index is 2.69. The monoisotopic (exact) mass is 455 g/mol. The van der Waals surface area contributed by atoms with Gasteiger partial charge >= 0.3 is 0 Å². The summed E-state index contributed by atoms with van der Waals surface area (Å²) in [5, 5.41) is 12.8. The maximum Gasteiger partial charge on any atom is 0.269 e. The van der Waals surface area contributed by atoms with Gasteiger partial charge in [-0.15, -0.1) is 11.3 Å². The molecule has 10 heteroatoms. The zero-order valence-electron chi connectivity index (χ0n) is 15.8. The number of halogens is 2. The predicted molar refractivity (Wildman–Crippen MR) is 114 cm³/mol. The number of ether oxygens (including phenoxy) is 2. The molecular formula is C19H19Cl2N3O4S. The molecular weight excluding hydrogens is 437 g/mol. The van der Waals surface area contributed by atoms with Crippen LogP contribution in [-0.2, 0) is 20.8 Å². The van der Waals surface area contributed by atoms with E-state index in [9.17, 15) is 14.9 Å². The summed E-state index contributed by atoms with van der Waals surface area (Å²) in [4.78, 5) is 25.4. The number of hydrogen-bond acceptors (Lipinski definition) is 6. The lowest BCUT2D eigenvalue weighted by Gasteiger charge is -2.04. The highest BCUT2D eigenvalue weighted by Gasteiger charge is 2.16. The van der Waals surface area contributed by atoms with E-state index in [0.717, 1.165) is 11.3 Å². The molecule has 1 N–H and O–H groups in total. The van der Waals surface area contributed by atoms with Crippen LogP contribution >= 0.6 is 34.5 Å². The van der Waals surface area contributed by atoms with Crippen molar-refractivity contribution in [3.63, 3.8) is 0 Å². The maximum atomic E-state index is 12.9. The average Bonchev–Trinajstić information content (AvgIpc) is 3.00. The lowest BCUT2D eigenvalue weighted by Crippen LogP contribution is -2.36. The Kier molecular flexibility index (Phi) is 8.89. The number of amides is 1. The first-order valence-corrected chi connectivity index (χ1v) is 10.1. The summed E-state index contributed by atoms with van der Waals surface area (Å²) in [5.41, 5.74) is 0.0534. The minimum absolute atomic E-state index is 0.156. The molecule has 2 aromatic rings. The van der Waals surface area contributed by atoms with E-state index in [-0.39, 0.29) is 35.5 Å². The number of thiazole rings is 1. The molecule has 1 amide bonds. The van der Waals surface area contributed by atoms with E-state index in [4.69, 9.17) is 32.7 Å². The molecule has 29 heavy (non-hydrogen) atoms.